The van der Waals surface area contributed by atoms with Gasteiger partial charge in [-0.2, -0.15) is 0 Å². The first-order valence-electron chi connectivity index (χ1n) is 6.73. The molecule has 0 radical (unpaired) electrons. The molecule has 0 saturated heterocycles. The normalized spacial score (nSPS) is 22.6. The van der Waals surface area contributed by atoms with Crippen LogP contribution < -0.4 is 0 Å². The molecule has 1 atom stereocenters. The molecule has 15 heavy (non-hydrogen) atoms. The molecule has 90 valence electrons. The van der Waals surface area contributed by atoms with Crippen LogP contribution in [0.2, 0.25) is 0 Å². The van der Waals surface area contributed by atoms with E-state index in [1.807, 2.05) is 7.05 Å². The van der Waals surface area contributed by atoms with Crippen LogP contribution in [-0.2, 0) is 0 Å². The summed E-state index contributed by atoms with van der Waals surface area (Å²) in [6.07, 6.45) is 11.1. The number of nitrogens with zero attached hydrogens (tertiary/aromatic N) is 1. The molecule has 0 bridgehead atoms. The van der Waals surface area contributed by atoms with E-state index in [1.54, 1.807) is 0 Å². The monoisotopic (exact) mass is 213 g/mol. The van der Waals surface area contributed by atoms with Crippen molar-refractivity contribution >= 4 is 0 Å². The second-order valence-electron chi connectivity index (χ2n) is 5.25. The molecule has 0 amide bonds. The molecule has 0 aromatic heterocycles. The highest BCUT2D eigenvalue weighted by atomic mass is 16.5. The maximum absolute atomic E-state index is 12.4. The predicted molar refractivity (Wildman–Crippen MR) is 65.4 cm³/mol. The van der Waals surface area contributed by atoms with Gasteiger partial charge in [0, 0.05) is 0 Å². The molecule has 0 aromatic rings. The topological polar surface area (TPSA) is 23.1 Å². The van der Waals surface area contributed by atoms with Gasteiger partial charge in [-0.3, -0.25) is 0 Å². The maximum Gasteiger partial charge on any atom is 0.0885 e. The van der Waals surface area contributed by atoms with Gasteiger partial charge in [-0.1, -0.05) is 26.2 Å². The number of rotatable bonds is 6. The van der Waals surface area contributed by atoms with Crippen molar-refractivity contribution in [3.63, 3.8) is 0 Å². The van der Waals surface area contributed by atoms with Gasteiger partial charge in [0.05, 0.1) is 19.6 Å². The van der Waals surface area contributed by atoms with Crippen LogP contribution in [0.1, 0.15) is 64.7 Å². The Morgan fingerprint density at radius 3 is 2.33 bits per heavy atom. The summed E-state index contributed by atoms with van der Waals surface area (Å²) in [6, 6.07) is 0.403. The van der Waals surface area contributed by atoms with Crippen LogP contribution >= 0.6 is 0 Å². The lowest BCUT2D eigenvalue weighted by Crippen LogP contribution is -2.48. The standard InChI is InChI=1S/C13H27NO/c1-3-4-5-9-12-14(2,15)13-10-7-6-8-11-13/h13H,3-12H2,1-2H3. The van der Waals surface area contributed by atoms with Crippen molar-refractivity contribution in [1.29, 1.82) is 0 Å². The van der Waals surface area contributed by atoms with Crippen LogP contribution in [0.15, 0.2) is 0 Å². The van der Waals surface area contributed by atoms with E-state index in [1.165, 1.54) is 38.5 Å². The molecule has 0 aromatic carbocycles. The number of unbranched alkanes of at least 4 members (excludes halogenated alkanes) is 3. The Balaban J connectivity index is 2.23. The zero-order chi connectivity index (χ0) is 11.1. The van der Waals surface area contributed by atoms with Crippen LogP contribution in [0.25, 0.3) is 0 Å². The quantitative estimate of drug-likeness (QED) is 0.373. The van der Waals surface area contributed by atoms with Gasteiger partial charge in [-0.15, -0.1) is 0 Å². The lowest BCUT2D eigenvalue weighted by molar-refractivity contribution is -0.888. The second kappa shape index (κ2) is 6.49. The number of quaternary nitrogens is 1. The van der Waals surface area contributed by atoms with E-state index in [4.69, 9.17) is 0 Å². The molecular weight excluding hydrogens is 186 g/mol. The highest BCUT2D eigenvalue weighted by Gasteiger charge is 2.25. The average Bonchev–Trinajstić information content (AvgIpc) is 2.26. The molecule has 1 fully saturated rings. The van der Waals surface area contributed by atoms with Gasteiger partial charge in [-0.25, -0.2) is 0 Å². The van der Waals surface area contributed by atoms with Crippen molar-refractivity contribution in [2.45, 2.75) is 70.8 Å². The Bertz CT molecular complexity index is 162. The van der Waals surface area contributed by atoms with Gasteiger partial charge in [0.25, 0.3) is 0 Å². The smallest absolute Gasteiger partial charge is 0.0885 e. The van der Waals surface area contributed by atoms with Crippen molar-refractivity contribution < 1.29 is 4.65 Å². The molecule has 2 nitrogen and oxygen atoms in total. The molecule has 0 heterocycles. The minimum Gasteiger partial charge on any atom is -0.633 e. The van der Waals surface area contributed by atoms with Crippen molar-refractivity contribution in [3.8, 4) is 0 Å². The van der Waals surface area contributed by atoms with Crippen molar-refractivity contribution in [1.82, 2.24) is 0 Å². The van der Waals surface area contributed by atoms with Gasteiger partial charge >= 0.3 is 0 Å². The lowest BCUT2D eigenvalue weighted by atomic mass is 9.94. The maximum atomic E-state index is 12.4. The number of hydrogen-bond acceptors (Lipinski definition) is 1. The third kappa shape index (κ3) is 4.52. The van der Waals surface area contributed by atoms with E-state index >= 15 is 0 Å². The van der Waals surface area contributed by atoms with Crippen molar-refractivity contribution in [3.05, 3.63) is 5.21 Å². The zero-order valence-electron chi connectivity index (χ0n) is 10.5. The third-order valence-electron chi connectivity index (χ3n) is 3.80. The Labute approximate surface area is 94.8 Å². The fourth-order valence-electron chi connectivity index (χ4n) is 2.66. The molecule has 0 aliphatic heterocycles. The Kier molecular flexibility index (Phi) is 5.62. The van der Waals surface area contributed by atoms with Crippen LogP contribution in [0.4, 0.5) is 0 Å². The summed E-state index contributed by atoms with van der Waals surface area (Å²) in [4.78, 5) is 0. The minimum atomic E-state index is 0.0315. The Morgan fingerprint density at radius 2 is 1.73 bits per heavy atom. The summed E-state index contributed by atoms with van der Waals surface area (Å²) in [5, 5.41) is 12.4. The molecule has 0 spiro atoms. The fourth-order valence-corrected chi connectivity index (χ4v) is 2.66. The summed E-state index contributed by atoms with van der Waals surface area (Å²) in [7, 11) is 1.89. The van der Waals surface area contributed by atoms with E-state index < -0.39 is 0 Å². The highest BCUT2D eigenvalue weighted by Crippen LogP contribution is 2.26. The summed E-state index contributed by atoms with van der Waals surface area (Å²) >= 11 is 0. The molecule has 0 N–H and O–H groups in total. The Morgan fingerprint density at radius 1 is 1.07 bits per heavy atom. The molecule has 1 aliphatic carbocycles. The van der Waals surface area contributed by atoms with Crippen LogP contribution in [0.3, 0.4) is 0 Å². The summed E-state index contributed by atoms with van der Waals surface area (Å²) in [5.74, 6) is 0. The van der Waals surface area contributed by atoms with Gasteiger partial charge in [0.2, 0.25) is 0 Å². The van der Waals surface area contributed by atoms with Crippen LogP contribution in [0, 0.1) is 5.21 Å². The highest BCUT2D eigenvalue weighted by molar-refractivity contribution is 4.67. The number of hydroxylamine groups is 3. The zero-order valence-corrected chi connectivity index (χ0v) is 10.5. The predicted octanol–water partition coefficient (Wildman–Crippen LogP) is 3.84. The number of hydrogen-bond donors (Lipinski definition) is 0. The van der Waals surface area contributed by atoms with E-state index in [0.717, 1.165) is 25.8 Å². The first kappa shape index (κ1) is 13.0. The van der Waals surface area contributed by atoms with Crippen molar-refractivity contribution in [2.24, 2.45) is 0 Å². The van der Waals surface area contributed by atoms with Crippen LogP contribution in [-0.4, -0.2) is 24.3 Å². The largest absolute Gasteiger partial charge is 0.633 e. The molecule has 2 heteroatoms. The molecule has 1 unspecified atom stereocenters. The van der Waals surface area contributed by atoms with Crippen LogP contribution in [0.5, 0.6) is 0 Å². The van der Waals surface area contributed by atoms with Gasteiger partial charge in [0.15, 0.2) is 0 Å². The van der Waals surface area contributed by atoms with E-state index in [0.29, 0.717) is 6.04 Å². The fraction of sp³-hybridized carbons (Fsp3) is 1.00. The van der Waals surface area contributed by atoms with E-state index in [-0.39, 0.29) is 4.65 Å². The van der Waals surface area contributed by atoms with Gasteiger partial charge in [-0.05, 0) is 38.5 Å². The minimum absolute atomic E-state index is 0.0315. The SMILES string of the molecule is CCCCCC[N+](C)([O-])C1CCCCC1. The second-order valence-corrected chi connectivity index (χ2v) is 5.25. The molecular formula is C13H27NO. The first-order chi connectivity index (χ1) is 7.17. The van der Waals surface area contributed by atoms with Gasteiger partial charge < -0.3 is 9.85 Å². The summed E-state index contributed by atoms with van der Waals surface area (Å²) in [6.45, 7) is 3.05. The average molecular weight is 213 g/mol. The van der Waals surface area contributed by atoms with Crippen molar-refractivity contribution in [2.75, 3.05) is 13.6 Å². The van der Waals surface area contributed by atoms with E-state index in [2.05, 4.69) is 6.92 Å². The van der Waals surface area contributed by atoms with Gasteiger partial charge in [0.1, 0.15) is 0 Å². The molecule has 1 aliphatic rings. The summed E-state index contributed by atoms with van der Waals surface area (Å²) in [5.41, 5.74) is 0. The first-order valence-corrected chi connectivity index (χ1v) is 6.73. The Hall–Kier alpha value is -0.0800. The summed E-state index contributed by atoms with van der Waals surface area (Å²) < 4.78 is 0.0315. The molecule has 1 rings (SSSR count). The third-order valence-corrected chi connectivity index (χ3v) is 3.80. The molecule has 1 saturated carbocycles. The lowest BCUT2D eigenvalue weighted by Gasteiger charge is -2.47. The van der Waals surface area contributed by atoms with E-state index in [9.17, 15) is 5.21 Å².